The summed E-state index contributed by atoms with van der Waals surface area (Å²) in [5.41, 5.74) is 8.06. The van der Waals surface area contributed by atoms with Crippen LogP contribution in [0.15, 0.2) is 42.9 Å². The predicted octanol–water partition coefficient (Wildman–Crippen LogP) is 4.23. The molecule has 0 aliphatic carbocycles. The second-order valence-corrected chi connectivity index (χ2v) is 9.16. The van der Waals surface area contributed by atoms with E-state index >= 15 is 0 Å². The number of amides is 1. The molecule has 0 atom stereocenters. The number of nitrogens with one attached hydrogen (secondary N) is 1. The fraction of sp³-hybridized carbons (Fsp3) is 0.292. The molecule has 10 nitrogen and oxygen atoms in total. The minimum absolute atomic E-state index is 0.193. The van der Waals surface area contributed by atoms with E-state index < -0.39 is 6.09 Å². The quantitative estimate of drug-likeness (QED) is 0.409. The summed E-state index contributed by atoms with van der Waals surface area (Å²) in [7, 11) is 1.79. The summed E-state index contributed by atoms with van der Waals surface area (Å²) in [6, 6.07) is 8.05. The second-order valence-electron chi connectivity index (χ2n) is 8.81. The lowest BCUT2D eigenvalue weighted by atomic mass is 9.95. The Morgan fingerprint density at radius 1 is 1.20 bits per heavy atom. The highest BCUT2D eigenvalue weighted by Gasteiger charge is 2.31. The number of rotatable bonds is 6. The number of carbonyl (C=O) groups excluding carboxylic acids is 1. The van der Waals surface area contributed by atoms with Crippen molar-refractivity contribution < 1.29 is 9.53 Å². The molecule has 0 spiro atoms. The average Bonchev–Trinajstić information content (AvgIpc) is 3.13. The molecular formula is C24H25ClN8O2. The van der Waals surface area contributed by atoms with Crippen LogP contribution in [0.5, 0.6) is 0 Å². The first-order valence-corrected chi connectivity index (χ1v) is 11.6. The molecule has 4 aromatic rings. The number of anilines is 3. The van der Waals surface area contributed by atoms with Gasteiger partial charge < -0.3 is 20.7 Å². The number of aryl methyl sites for hydroxylation is 1. The fourth-order valence-corrected chi connectivity index (χ4v) is 4.52. The van der Waals surface area contributed by atoms with Gasteiger partial charge in [-0.3, -0.25) is 4.68 Å². The predicted molar refractivity (Wildman–Crippen MR) is 135 cm³/mol. The summed E-state index contributed by atoms with van der Waals surface area (Å²) >= 11 is 6.22. The van der Waals surface area contributed by atoms with Gasteiger partial charge in [-0.1, -0.05) is 31.5 Å². The molecule has 0 unspecified atom stereocenters. The zero-order chi connectivity index (χ0) is 24.7. The Bertz CT molecular complexity index is 1410. The maximum absolute atomic E-state index is 11.0. The number of primary amides is 1. The maximum Gasteiger partial charge on any atom is 0.404 e. The Labute approximate surface area is 207 Å². The zero-order valence-corrected chi connectivity index (χ0v) is 20.3. The van der Waals surface area contributed by atoms with Crippen molar-refractivity contribution in [2.24, 2.45) is 12.8 Å². The molecule has 11 heteroatoms. The van der Waals surface area contributed by atoms with E-state index in [1.807, 2.05) is 12.3 Å². The zero-order valence-electron chi connectivity index (χ0n) is 19.6. The van der Waals surface area contributed by atoms with Gasteiger partial charge in [0.1, 0.15) is 17.7 Å². The van der Waals surface area contributed by atoms with E-state index in [2.05, 4.69) is 56.2 Å². The fourth-order valence-electron chi connectivity index (χ4n) is 4.27. The van der Waals surface area contributed by atoms with Crippen molar-refractivity contribution in [1.29, 1.82) is 0 Å². The first-order chi connectivity index (χ1) is 16.8. The second kappa shape index (κ2) is 9.03. The van der Waals surface area contributed by atoms with Crippen LogP contribution in [-0.2, 0) is 11.8 Å². The number of carbonyl (C=O) groups is 1. The number of fused-ring (bicyclic) bond motifs is 1. The van der Waals surface area contributed by atoms with Gasteiger partial charge in [0.25, 0.3) is 0 Å². The molecule has 4 heterocycles. The van der Waals surface area contributed by atoms with Gasteiger partial charge in [-0.2, -0.15) is 5.10 Å². The molecule has 35 heavy (non-hydrogen) atoms. The van der Waals surface area contributed by atoms with Gasteiger partial charge in [0, 0.05) is 36.7 Å². The maximum atomic E-state index is 11.0. The molecule has 1 amide bonds. The average molecular weight is 493 g/mol. The van der Waals surface area contributed by atoms with Gasteiger partial charge in [-0.25, -0.2) is 19.7 Å². The Kier molecular flexibility index (Phi) is 5.89. The van der Waals surface area contributed by atoms with Crippen LogP contribution >= 0.6 is 11.6 Å². The van der Waals surface area contributed by atoms with Gasteiger partial charge in [-0.15, -0.1) is 0 Å². The minimum atomic E-state index is -0.745. The van der Waals surface area contributed by atoms with E-state index in [4.69, 9.17) is 22.1 Å². The van der Waals surface area contributed by atoms with E-state index in [1.165, 1.54) is 5.56 Å². The molecule has 1 aliphatic heterocycles. The molecule has 1 saturated heterocycles. The van der Waals surface area contributed by atoms with Crippen LogP contribution in [0.1, 0.15) is 25.3 Å². The first-order valence-electron chi connectivity index (χ1n) is 11.2. The Balaban J connectivity index is 1.45. The number of aromatic nitrogens is 5. The summed E-state index contributed by atoms with van der Waals surface area (Å²) in [4.78, 5) is 26.8. The summed E-state index contributed by atoms with van der Waals surface area (Å²) in [6.45, 7) is 5.52. The minimum Gasteiger partial charge on any atom is -0.443 e. The lowest BCUT2D eigenvalue weighted by molar-refractivity contribution is 0.0891. The van der Waals surface area contributed by atoms with E-state index in [9.17, 15) is 4.79 Å². The monoisotopic (exact) mass is 492 g/mol. The molecular weight excluding hydrogens is 468 g/mol. The smallest absolute Gasteiger partial charge is 0.404 e. The normalized spacial score (nSPS) is 13.8. The van der Waals surface area contributed by atoms with Gasteiger partial charge in [0.15, 0.2) is 11.0 Å². The molecule has 5 rings (SSSR count). The molecule has 1 aromatic carbocycles. The van der Waals surface area contributed by atoms with Crippen LogP contribution < -0.4 is 16.0 Å². The molecule has 1 aliphatic rings. The van der Waals surface area contributed by atoms with Crippen LogP contribution in [0.4, 0.5) is 22.1 Å². The van der Waals surface area contributed by atoms with Crippen molar-refractivity contribution in [2.45, 2.75) is 25.9 Å². The van der Waals surface area contributed by atoms with Crippen molar-refractivity contribution >= 4 is 45.8 Å². The standard InChI is InChI=1S/C24H25ClN8O2/c1-13(2)15-4-5-19(33-10-14(11-33)35-24(26)34)17-9-28-21(8-16(15)17)29-20-6-7-27-23(30-20)18-12-32(3)31-22(18)25/h4-9,12-14H,10-11H2,1-3H3,(H2,26,34)(H,27,28,29,30). The highest BCUT2D eigenvalue weighted by molar-refractivity contribution is 6.31. The lowest BCUT2D eigenvalue weighted by Crippen LogP contribution is -2.53. The lowest BCUT2D eigenvalue weighted by Gasteiger charge is -2.40. The van der Waals surface area contributed by atoms with Crippen molar-refractivity contribution in [2.75, 3.05) is 23.3 Å². The summed E-state index contributed by atoms with van der Waals surface area (Å²) in [5.74, 6) is 2.06. The first kappa shape index (κ1) is 22.9. The number of halogens is 1. The number of ether oxygens (including phenoxy) is 1. The van der Waals surface area contributed by atoms with Crippen molar-refractivity contribution in [3.05, 3.63) is 53.6 Å². The third-order valence-corrected chi connectivity index (χ3v) is 6.22. The summed E-state index contributed by atoms with van der Waals surface area (Å²) in [5, 5.41) is 9.91. The number of pyridine rings is 1. The van der Waals surface area contributed by atoms with Crippen LogP contribution in [0.3, 0.4) is 0 Å². The van der Waals surface area contributed by atoms with Gasteiger partial charge in [-0.05, 0) is 35.1 Å². The largest absolute Gasteiger partial charge is 0.443 e. The van der Waals surface area contributed by atoms with Crippen LogP contribution in [0.25, 0.3) is 22.2 Å². The molecule has 180 valence electrons. The van der Waals surface area contributed by atoms with Gasteiger partial charge in [0.05, 0.1) is 18.7 Å². The number of nitrogens with zero attached hydrogens (tertiary/aromatic N) is 6. The third kappa shape index (κ3) is 4.57. The number of nitrogens with two attached hydrogens (primary N) is 1. The number of benzene rings is 1. The molecule has 1 fully saturated rings. The molecule has 3 aromatic heterocycles. The molecule has 3 N–H and O–H groups in total. The number of hydrogen-bond acceptors (Lipinski definition) is 8. The highest BCUT2D eigenvalue weighted by atomic mass is 35.5. The Morgan fingerprint density at radius 2 is 2.00 bits per heavy atom. The topological polar surface area (TPSA) is 124 Å². The summed E-state index contributed by atoms with van der Waals surface area (Å²) in [6.07, 6.45) is 4.37. The summed E-state index contributed by atoms with van der Waals surface area (Å²) < 4.78 is 6.72. The SMILES string of the molecule is CC(C)c1ccc(N2CC(OC(N)=O)C2)c2cnc(Nc3ccnc(-c4cn(C)nc4Cl)n3)cc12. The van der Waals surface area contributed by atoms with Crippen LogP contribution in [0.2, 0.25) is 5.15 Å². The highest BCUT2D eigenvalue weighted by Crippen LogP contribution is 2.36. The van der Waals surface area contributed by atoms with E-state index in [0.717, 1.165) is 16.5 Å². The third-order valence-electron chi connectivity index (χ3n) is 5.94. The van der Waals surface area contributed by atoms with Crippen LogP contribution in [0, 0.1) is 0 Å². The van der Waals surface area contributed by atoms with E-state index in [0.29, 0.717) is 47.2 Å². The van der Waals surface area contributed by atoms with Crippen molar-refractivity contribution in [3.8, 4) is 11.4 Å². The van der Waals surface area contributed by atoms with Gasteiger partial charge in [0.2, 0.25) is 0 Å². The van der Waals surface area contributed by atoms with Gasteiger partial charge >= 0.3 is 6.09 Å². The molecule has 0 bridgehead atoms. The van der Waals surface area contributed by atoms with Crippen molar-refractivity contribution in [1.82, 2.24) is 24.7 Å². The van der Waals surface area contributed by atoms with E-state index in [-0.39, 0.29) is 6.10 Å². The number of hydrogen-bond donors (Lipinski definition) is 2. The van der Waals surface area contributed by atoms with Crippen LogP contribution in [-0.4, -0.2) is 50.0 Å². The Hall–Kier alpha value is -3.92. The van der Waals surface area contributed by atoms with Crippen molar-refractivity contribution in [3.63, 3.8) is 0 Å². The van der Waals surface area contributed by atoms with E-state index in [1.54, 1.807) is 30.2 Å². The molecule has 0 saturated carbocycles. The Morgan fingerprint density at radius 3 is 2.69 bits per heavy atom. The molecule has 0 radical (unpaired) electrons.